The molecule has 0 spiro atoms. The van der Waals surface area contributed by atoms with E-state index in [1.54, 1.807) is 4.90 Å². The molecular formula is C29H38N4O5. The fourth-order valence-electron chi connectivity index (χ4n) is 4.98. The van der Waals surface area contributed by atoms with Crippen LogP contribution in [0.25, 0.3) is 0 Å². The van der Waals surface area contributed by atoms with Gasteiger partial charge in [-0.05, 0) is 48.3 Å². The lowest BCUT2D eigenvalue weighted by atomic mass is 9.91. The number of amides is 3. The molecular weight excluding hydrogens is 484 g/mol. The fourth-order valence-corrected chi connectivity index (χ4v) is 4.98. The van der Waals surface area contributed by atoms with Crippen molar-refractivity contribution >= 4 is 24.2 Å². The molecule has 0 aliphatic carbocycles. The first-order valence-corrected chi connectivity index (χ1v) is 13.2. The molecule has 2 heterocycles. The van der Waals surface area contributed by atoms with Crippen LogP contribution in [0.5, 0.6) is 0 Å². The van der Waals surface area contributed by atoms with Crippen molar-refractivity contribution in [1.82, 2.24) is 20.4 Å². The molecule has 0 saturated carbocycles. The number of hydrogen-bond acceptors (Lipinski definition) is 5. The quantitative estimate of drug-likeness (QED) is 0.532. The number of nitrogens with zero attached hydrogens (tertiary/aromatic N) is 2. The zero-order chi connectivity index (χ0) is 27.2. The van der Waals surface area contributed by atoms with Gasteiger partial charge in [-0.3, -0.25) is 24.1 Å². The Kier molecular flexibility index (Phi) is 11.8. The summed E-state index contributed by atoms with van der Waals surface area (Å²) in [6.45, 7) is 3.14. The SMILES string of the molecule is O=C1CCC(c2ccccc2)CCNC(=O)CN(C(=O)CN2CCc3ccccc3C2)CCCN1.O=CO. The van der Waals surface area contributed by atoms with E-state index in [4.69, 9.17) is 9.90 Å². The highest BCUT2D eigenvalue weighted by Gasteiger charge is 2.23. The molecule has 38 heavy (non-hydrogen) atoms. The lowest BCUT2D eigenvalue weighted by molar-refractivity contribution is -0.137. The molecule has 1 unspecified atom stereocenters. The van der Waals surface area contributed by atoms with E-state index in [1.807, 2.05) is 24.3 Å². The maximum atomic E-state index is 13.2. The van der Waals surface area contributed by atoms with Crippen molar-refractivity contribution in [3.63, 3.8) is 0 Å². The first-order valence-electron chi connectivity index (χ1n) is 13.2. The Morgan fingerprint density at radius 3 is 2.32 bits per heavy atom. The largest absolute Gasteiger partial charge is 0.483 e. The molecule has 9 nitrogen and oxygen atoms in total. The first-order chi connectivity index (χ1) is 18.5. The molecule has 1 atom stereocenters. The van der Waals surface area contributed by atoms with Gasteiger partial charge in [-0.15, -0.1) is 0 Å². The summed E-state index contributed by atoms with van der Waals surface area (Å²) in [7, 11) is 0. The van der Waals surface area contributed by atoms with Crippen molar-refractivity contribution in [2.75, 3.05) is 39.3 Å². The van der Waals surface area contributed by atoms with Gasteiger partial charge in [-0.1, -0.05) is 54.6 Å². The maximum Gasteiger partial charge on any atom is 0.290 e. The number of rotatable bonds is 3. The molecule has 9 heteroatoms. The second-order valence-corrected chi connectivity index (χ2v) is 9.64. The third kappa shape index (κ3) is 9.30. The van der Waals surface area contributed by atoms with Crippen molar-refractivity contribution in [2.24, 2.45) is 0 Å². The summed E-state index contributed by atoms with van der Waals surface area (Å²) >= 11 is 0. The predicted octanol–water partition coefficient (Wildman–Crippen LogP) is 2.16. The van der Waals surface area contributed by atoms with Gasteiger partial charge in [-0.25, -0.2) is 0 Å². The minimum Gasteiger partial charge on any atom is -0.483 e. The molecule has 3 amide bonds. The fraction of sp³-hybridized carbons (Fsp3) is 0.448. The number of fused-ring (bicyclic) bond motifs is 1. The average molecular weight is 523 g/mol. The van der Waals surface area contributed by atoms with Crippen LogP contribution in [0, 0.1) is 0 Å². The topological polar surface area (TPSA) is 119 Å². The summed E-state index contributed by atoms with van der Waals surface area (Å²) in [6, 6.07) is 18.5. The Labute approximate surface area is 224 Å². The van der Waals surface area contributed by atoms with Crippen molar-refractivity contribution in [3.8, 4) is 0 Å². The van der Waals surface area contributed by atoms with Gasteiger partial charge in [0.05, 0.1) is 13.1 Å². The number of benzene rings is 2. The second kappa shape index (κ2) is 15.5. The number of carbonyl (C=O) groups is 4. The van der Waals surface area contributed by atoms with Crippen LogP contribution in [0.3, 0.4) is 0 Å². The summed E-state index contributed by atoms with van der Waals surface area (Å²) in [6.07, 6.45) is 3.50. The Balaban J connectivity index is 0.00000127. The molecule has 2 aromatic rings. The van der Waals surface area contributed by atoms with Crippen LogP contribution in [-0.4, -0.2) is 78.4 Å². The third-order valence-electron chi connectivity index (χ3n) is 6.99. The average Bonchev–Trinajstić information content (AvgIpc) is 2.92. The van der Waals surface area contributed by atoms with Crippen LogP contribution in [0.15, 0.2) is 54.6 Å². The van der Waals surface area contributed by atoms with Crippen LogP contribution in [0.4, 0.5) is 0 Å². The van der Waals surface area contributed by atoms with Gasteiger partial charge in [0.15, 0.2) is 0 Å². The highest BCUT2D eigenvalue weighted by Crippen LogP contribution is 2.24. The Hall–Kier alpha value is -3.72. The van der Waals surface area contributed by atoms with Gasteiger partial charge in [0.2, 0.25) is 17.7 Å². The Bertz CT molecular complexity index is 1060. The summed E-state index contributed by atoms with van der Waals surface area (Å²) in [5.41, 5.74) is 3.79. The van der Waals surface area contributed by atoms with E-state index in [2.05, 4.69) is 45.9 Å². The van der Waals surface area contributed by atoms with E-state index < -0.39 is 0 Å². The van der Waals surface area contributed by atoms with E-state index >= 15 is 0 Å². The van der Waals surface area contributed by atoms with Crippen LogP contribution in [-0.2, 0) is 32.1 Å². The van der Waals surface area contributed by atoms with E-state index in [1.165, 1.54) is 16.7 Å². The smallest absolute Gasteiger partial charge is 0.290 e. The Morgan fingerprint density at radius 2 is 1.55 bits per heavy atom. The number of hydrogen-bond donors (Lipinski definition) is 3. The molecule has 2 aromatic carbocycles. The zero-order valence-electron chi connectivity index (χ0n) is 21.8. The summed E-state index contributed by atoms with van der Waals surface area (Å²) in [5, 5.41) is 12.9. The van der Waals surface area contributed by atoms with Gasteiger partial charge in [0.1, 0.15) is 0 Å². The molecule has 204 valence electrons. The lowest BCUT2D eigenvalue weighted by Gasteiger charge is -2.31. The number of nitrogens with one attached hydrogen (secondary N) is 2. The second-order valence-electron chi connectivity index (χ2n) is 9.64. The van der Waals surface area contributed by atoms with Crippen LogP contribution in [0.1, 0.15) is 48.3 Å². The van der Waals surface area contributed by atoms with E-state index in [0.717, 1.165) is 32.4 Å². The zero-order valence-corrected chi connectivity index (χ0v) is 21.8. The van der Waals surface area contributed by atoms with E-state index in [-0.39, 0.29) is 36.7 Å². The van der Waals surface area contributed by atoms with E-state index in [9.17, 15) is 14.4 Å². The van der Waals surface area contributed by atoms with Crippen molar-refractivity contribution in [2.45, 2.75) is 44.6 Å². The minimum atomic E-state index is -0.250. The van der Waals surface area contributed by atoms with Gasteiger partial charge in [-0.2, -0.15) is 0 Å². The molecule has 3 N–H and O–H groups in total. The van der Waals surface area contributed by atoms with Crippen molar-refractivity contribution in [3.05, 3.63) is 71.3 Å². The van der Waals surface area contributed by atoms with Crippen molar-refractivity contribution in [1.29, 1.82) is 0 Å². The van der Waals surface area contributed by atoms with E-state index in [0.29, 0.717) is 39.0 Å². The number of carbonyl (C=O) groups excluding carboxylic acids is 3. The summed E-state index contributed by atoms with van der Waals surface area (Å²) in [5.74, 6) is 0.0668. The van der Waals surface area contributed by atoms with Crippen LogP contribution in [0.2, 0.25) is 0 Å². The molecule has 2 aliphatic rings. The minimum absolute atomic E-state index is 0.0388. The van der Waals surface area contributed by atoms with Gasteiger partial charge < -0.3 is 20.6 Å². The van der Waals surface area contributed by atoms with Gasteiger partial charge >= 0.3 is 0 Å². The maximum absolute atomic E-state index is 13.2. The van der Waals surface area contributed by atoms with Crippen molar-refractivity contribution < 1.29 is 24.3 Å². The summed E-state index contributed by atoms with van der Waals surface area (Å²) in [4.78, 5) is 50.5. The highest BCUT2D eigenvalue weighted by molar-refractivity contribution is 5.85. The molecule has 0 bridgehead atoms. The normalized spacial score (nSPS) is 19.5. The highest BCUT2D eigenvalue weighted by atomic mass is 16.3. The molecule has 1 saturated heterocycles. The van der Waals surface area contributed by atoms with Gasteiger partial charge in [0, 0.05) is 39.1 Å². The summed E-state index contributed by atoms with van der Waals surface area (Å²) < 4.78 is 0. The van der Waals surface area contributed by atoms with Gasteiger partial charge in [0.25, 0.3) is 6.47 Å². The first kappa shape index (κ1) is 28.8. The third-order valence-corrected chi connectivity index (χ3v) is 6.99. The molecule has 0 radical (unpaired) electrons. The lowest BCUT2D eigenvalue weighted by Crippen LogP contribution is -2.47. The van der Waals surface area contributed by atoms with Crippen LogP contribution >= 0.6 is 0 Å². The van der Waals surface area contributed by atoms with Crippen LogP contribution < -0.4 is 10.6 Å². The molecule has 1 fully saturated rings. The monoisotopic (exact) mass is 522 g/mol. The number of carboxylic acid groups (broad SMARTS) is 1. The molecule has 4 rings (SSSR count). The molecule has 2 aliphatic heterocycles. The predicted molar refractivity (Wildman–Crippen MR) is 144 cm³/mol. The Morgan fingerprint density at radius 1 is 0.868 bits per heavy atom. The molecule has 0 aromatic heterocycles. The standard InChI is InChI=1S/C28H36N4O3.CH2O2/c33-26-12-11-24(22-7-2-1-3-8-22)13-16-30-27(34)20-32(17-6-15-29-26)28(35)21-31-18-14-23-9-4-5-10-25(23)19-31;2-1-3/h1-5,7-10,24H,6,11-21H2,(H,29,33)(H,30,34);1H,(H,2,3).